The van der Waals surface area contributed by atoms with Gasteiger partial charge in [-0.15, -0.1) is 16.8 Å². The van der Waals surface area contributed by atoms with E-state index < -0.39 is 10.0 Å². The third-order valence-corrected chi connectivity index (χ3v) is 7.49. The summed E-state index contributed by atoms with van der Waals surface area (Å²) >= 11 is 1.28. The van der Waals surface area contributed by atoms with E-state index in [0.717, 1.165) is 6.42 Å². The van der Waals surface area contributed by atoms with E-state index in [1.165, 1.54) is 16.1 Å². The number of carbonyl (C=O) groups excluding carboxylic acids is 1. The lowest BCUT2D eigenvalue weighted by Crippen LogP contribution is -2.40. The highest BCUT2D eigenvalue weighted by atomic mass is 32.2. The fourth-order valence-corrected chi connectivity index (χ4v) is 5.31. The Kier molecular flexibility index (Phi) is 8.24. The number of ether oxygens (including phenoxy) is 1. The molecule has 0 saturated carbocycles. The van der Waals surface area contributed by atoms with Crippen molar-refractivity contribution in [2.24, 2.45) is 0 Å². The van der Waals surface area contributed by atoms with Gasteiger partial charge >= 0.3 is 0 Å². The Morgan fingerprint density at radius 3 is 2.81 bits per heavy atom. The van der Waals surface area contributed by atoms with Crippen molar-refractivity contribution in [3.63, 3.8) is 0 Å². The number of rotatable bonds is 10. The molecule has 0 unspecified atom stereocenters. The van der Waals surface area contributed by atoms with Crippen LogP contribution in [0.25, 0.3) is 11.4 Å². The molecule has 1 aliphatic heterocycles. The first kappa shape index (κ1) is 23.5. The van der Waals surface area contributed by atoms with Gasteiger partial charge in [-0.1, -0.05) is 36.9 Å². The third kappa shape index (κ3) is 5.73. The Labute approximate surface area is 186 Å². The molecule has 31 heavy (non-hydrogen) atoms. The van der Waals surface area contributed by atoms with Gasteiger partial charge in [0.05, 0.1) is 23.9 Å². The lowest BCUT2D eigenvalue weighted by Gasteiger charge is -2.26. The summed E-state index contributed by atoms with van der Waals surface area (Å²) in [5, 5.41) is 11.9. The summed E-state index contributed by atoms with van der Waals surface area (Å²) in [6, 6.07) is 6.68. The van der Waals surface area contributed by atoms with E-state index in [9.17, 15) is 13.2 Å². The smallest absolute Gasteiger partial charge is 0.243 e. The zero-order valence-electron chi connectivity index (χ0n) is 17.5. The molecule has 0 spiro atoms. The van der Waals surface area contributed by atoms with Crippen molar-refractivity contribution in [1.29, 1.82) is 0 Å². The monoisotopic (exact) mass is 465 g/mol. The number of thioether (sulfide) groups is 1. The molecule has 2 aromatic rings. The number of carbonyl (C=O) groups is 1. The van der Waals surface area contributed by atoms with Gasteiger partial charge in [0, 0.05) is 31.7 Å². The first-order valence-corrected chi connectivity index (χ1v) is 12.5. The Morgan fingerprint density at radius 2 is 2.10 bits per heavy atom. The topological polar surface area (TPSA) is 106 Å². The Hall–Kier alpha value is -2.21. The molecular formula is C20H27N5O4S2. The van der Waals surface area contributed by atoms with Crippen LogP contribution in [0.15, 0.2) is 47.0 Å². The van der Waals surface area contributed by atoms with Crippen molar-refractivity contribution in [3.8, 4) is 11.4 Å². The Balaban J connectivity index is 1.85. The number of benzene rings is 1. The molecule has 0 radical (unpaired) electrons. The van der Waals surface area contributed by atoms with Crippen molar-refractivity contribution in [1.82, 2.24) is 24.4 Å². The SMILES string of the molecule is C=CCn1c(SCC(=O)NCCC)nnc1-c1cccc(S(=O)(=O)N2CCOCC2)c1. The quantitative estimate of drug-likeness (QED) is 0.421. The summed E-state index contributed by atoms with van der Waals surface area (Å²) in [5.41, 5.74) is 0.631. The molecule has 11 heteroatoms. The zero-order valence-corrected chi connectivity index (χ0v) is 19.1. The van der Waals surface area contributed by atoms with Gasteiger partial charge in [0.25, 0.3) is 0 Å². The number of hydrogen-bond acceptors (Lipinski definition) is 7. The summed E-state index contributed by atoms with van der Waals surface area (Å²) in [5.74, 6) is 0.677. The first-order chi connectivity index (χ1) is 15.0. The van der Waals surface area contributed by atoms with Crippen LogP contribution in [0, 0.1) is 0 Å². The van der Waals surface area contributed by atoms with E-state index in [0.29, 0.717) is 55.9 Å². The highest BCUT2D eigenvalue weighted by Crippen LogP contribution is 2.27. The Bertz CT molecular complexity index is 1020. The first-order valence-electron chi connectivity index (χ1n) is 10.1. The highest BCUT2D eigenvalue weighted by Gasteiger charge is 2.27. The van der Waals surface area contributed by atoms with Crippen LogP contribution in [-0.4, -0.2) is 72.0 Å². The molecule has 0 atom stereocenters. The third-order valence-electron chi connectivity index (χ3n) is 4.63. The number of amides is 1. The summed E-state index contributed by atoms with van der Waals surface area (Å²) in [4.78, 5) is 12.1. The molecule has 168 valence electrons. The van der Waals surface area contributed by atoms with E-state index in [2.05, 4.69) is 22.1 Å². The van der Waals surface area contributed by atoms with Crippen LogP contribution in [0.4, 0.5) is 0 Å². The predicted octanol–water partition coefficient (Wildman–Crippen LogP) is 1.77. The number of morpholine rings is 1. The maximum Gasteiger partial charge on any atom is 0.243 e. The average molecular weight is 466 g/mol. The maximum atomic E-state index is 13.0. The summed E-state index contributed by atoms with van der Waals surface area (Å²) in [6.07, 6.45) is 2.58. The standard InChI is InChI=1S/C20H27N5O4S2/c1-3-8-21-18(26)15-30-20-23-22-19(25(20)9-4-2)16-6-5-7-17(14-16)31(27,28)24-10-12-29-13-11-24/h4-7,14H,2-3,8-13,15H2,1H3,(H,21,26). The molecule has 1 aromatic carbocycles. The zero-order chi connectivity index (χ0) is 22.3. The number of sulfonamides is 1. The maximum absolute atomic E-state index is 13.0. The molecule has 1 fully saturated rings. The minimum absolute atomic E-state index is 0.0693. The molecule has 1 N–H and O–H groups in total. The van der Waals surface area contributed by atoms with Gasteiger partial charge in [-0.2, -0.15) is 4.31 Å². The van der Waals surface area contributed by atoms with E-state index in [4.69, 9.17) is 4.74 Å². The van der Waals surface area contributed by atoms with Crippen molar-refractivity contribution >= 4 is 27.7 Å². The predicted molar refractivity (Wildman–Crippen MR) is 119 cm³/mol. The van der Waals surface area contributed by atoms with Crippen molar-refractivity contribution in [3.05, 3.63) is 36.9 Å². The molecule has 1 aliphatic rings. The van der Waals surface area contributed by atoms with Gasteiger partial charge in [-0.05, 0) is 18.6 Å². The molecule has 0 bridgehead atoms. The van der Waals surface area contributed by atoms with Crippen molar-refractivity contribution < 1.29 is 17.9 Å². The fourth-order valence-electron chi connectivity index (χ4n) is 3.08. The molecule has 0 aliphatic carbocycles. The molecule has 9 nitrogen and oxygen atoms in total. The normalized spacial score (nSPS) is 15.0. The van der Waals surface area contributed by atoms with Crippen LogP contribution in [0.2, 0.25) is 0 Å². The van der Waals surface area contributed by atoms with Crippen LogP contribution in [0.3, 0.4) is 0 Å². The van der Waals surface area contributed by atoms with Crippen LogP contribution in [0.1, 0.15) is 13.3 Å². The second-order valence-electron chi connectivity index (χ2n) is 6.89. The van der Waals surface area contributed by atoms with Gasteiger partial charge < -0.3 is 10.1 Å². The molecular weight excluding hydrogens is 438 g/mol. The van der Waals surface area contributed by atoms with E-state index in [1.807, 2.05) is 11.5 Å². The fraction of sp³-hybridized carbons (Fsp3) is 0.450. The van der Waals surface area contributed by atoms with Gasteiger partial charge in [0.15, 0.2) is 11.0 Å². The van der Waals surface area contributed by atoms with Crippen LogP contribution in [0.5, 0.6) is 0 Å². The summed E-state index contributed by atoms with van der Waals surface area (Å²) in [7, 11) is -3.62. The van der Waals surface area contributed by atoms with Gasteiger partial charge in [0.2, 0.25) is 15.9 Å². The summed E-state index contributed by atoms with van der Waals surface area (Å²) < 4.78 is 34.5. The number of nitrogens with one attached hydrogen (secondary N) is 1. The minimum atomic E-state index is -3.62. The van der Waals surface area contributed by atoms with Crippen molar-refractivity contribution in [2.75, 3.05) is 38.6 Å². The number of allylic oxidation sites excluding steroid dienone is 1. The molecule has 1 aromatic heterocycles. The molecule has 2 heterocycles. The average Bonchev–Trinajstić information content (AvgIpc) is 3.19. The lowest BCUT2D eigenvalue weighted by atomic mass is 10.2. The minimum Gasteiger partial charge on any atom is -0.379 e. The number of aromatic nitrogens is 3. The van der Waals surface area contributed by atoms with Crippen LogP contribution in [-0.2, 0) is 26.1 Å². The Morgan fingerprint density at radius 1 is 1.32 bits per heavy atom. The summed E-state index contributed by atoms with van der Waals surface area (Å²) in [6.45, 7) is 8.29. The number of hydrogen-bond donors (Lipinski definition) is 1. The van der Waals surface area contributed by atoms with Crippen LogP contribution >= 0.6 is 11.8 Å². The van der Waals surface area contributed by atoms with E-state index in [-0.39, 0.29) is 16.6 Å². The van der Waals surface area contributed by atoms with Crippen molar-refractivity contribution in [2.45, 2.75) is 29.9 Å². The van der Waals surface area contributed by atoms with Gasteiger partial charge in [0.1, 0.15) is 0 Å². The molecule has 3 rings (SSSR count). The highest BCUT2D eigenvalue weighted by molar-refractivity contribution is 7.99. The van der Waals surface area contributed by atoms with E-state index in [1.54, 1.807) is 30.3 Å². The molecule has 1 saturated heterocycles. The second-order valence-corrected chi connectivity index (χ2v) is 9.77. The van der Waals surface area contributed by atoms with Gasteiger partial charge in [-0.3, -0.25) is 9.36 Å². The molecule has 1 amide bonds. The number of nitrogens with zero attached hydrogens (tertiary/aromatic N) is 4. The van der Waals surface area contributed by atoms with Gasteiger partial charge in [-0.25, -0.2) is 8.42 Å². The van der Waals surface area contributed by atoms with E-state index >= 15 is 0 Å². The lowest BCUT2D eigenvalue weighted by molar-refractivity contribution is -0.118. The second kappa shape index (κ2) is 10.9. The van der Waals surface area contributed by atoms with Crippen LogP contribution < -0.4 is 5.32 Å². The largest absolute Gasteiger partial charge is 0.379 e.